The number of aryl methyl sites for hydroxylation is 1. The molecule has 0 aliphatic carbocycles. The van der Waals surface area contributed by atoms with Crippen molar-refractivity contribution in [1.82, 2.24) is 5.32 Å². The van der Waals surface area contributed by atoms with Crippen molar-refractivity contribution in [1.29, 1.82) is 0 Å². The van der Waals surface area contributed by atoms with E-state index in [1.807, 2.05) is 49.4 Å². The van der Waals surface area contributed by atoms with Crippen LogP contribution in [0.3, 0.4) is 0 Å². The monoisotopic (exact) mass is 542 g/mol. The molecule has 0 radical (unpaired) electrons. The predicted octanol–water partition coefficient (Wildman–Crippen LogP) is 8.84. The zero-order chi connectivity index (χ0) is 27.2. The zero-order valence-electron chi connectivity index (χ0n) is 21.9. The van der Waals surface area contributed by atoms with Crippen LogP contribution in [0.5, 0.6) is 0 Å². The molecule has 194 valence electrons. The zero-order valence-corrected chi connectivity index (χ0v) is 23.5. The van der Waals surface area contributed by atoms with E-state index in [4.69, 9.17) is 18.2 Å². The molecule has 6 heteroatoms. The third kappa shape index (κ3) is 6.15. The van der Waals surface area contributed by atoms with Gasteiger partial charge < -0.3 is 5.32 Å². The number of amides is 1. The number of carbonyl (C=O) groups excluding carboxylic acids is 2. The normalized spacial score (nSPS) is 12.6. The number of nitrogens with zero attached hydrogens (tertiary/aromatic N) is 1. The fraction of sp³-hybridized carbons (Fsp3) is 0.281. The second kappa shape index (κ2) is 12.4. The van der Waals surface area contributed by atoms with Gasteiger partial charge in [-0.2, -0.15) is 11.3 Å². The van der Waals surface area contributed by atoms with Gasteiger partial charge in [-0.25, -0.2) is 4.85 Å². The number of rotatable bonds is 10. The van der Waals surface area contributed by atoms with Gasteiger partial charge in [0.1, 0.15) is 5.78 Å². The summed E-state index contributed by atoms with van der Waals surface area (Å²) in [5, 5.41) is 6.85. The van der Waals surface area contributed by atoms with Crippen molar-refractivity contribution in [3.63, 3.8) is 0 Å². The first kappa shape index (κ1) is 27.6. The highest BCUT2D eigenvalue weighted by molar-refractivity contribution is 7.18. The second-order valence-electron chi connectivity index (χ2n) is 9.72. The van der Waals surface area contributed by atoms with E-state index in [0.717, 1.165) is 34.1 Å². The van der Waals surface area contributed by atoms with Crippen LogP contribution >= 0.6 is 22.9 Å². The summed E-state index contributed by atoms with van der Waals surface area (Å²) in [6.07, 6.45) is 2.28. The number of halogens is 1. The molecule has 0 spiro atoms. The van der Waals surface area contributed by atoms with Crippen LogP contribution in [0.2, 0.25) is 5.02 Å². The summed E-state index contributed by atoms with van der Waals surface area (Å²) in [7, 11) is 0. The Hall–Kier alpha value is -3.46. The van der Waals surface area contributed by atoms with Gasteiger partial charge >= 0.3 is 0 Å². The standard InChI is InChI=1S/C32H31ClN2O2S/c1-5-6-26(22-7-9-24(10-8-22)32(37)35-16-15-21(3)36)30(23-11-13-25(33)14-12-23)28-19-38-31-27(28)17-20(2)18-29(31)34-4/h7-14,17-19,26,30H,5-6,15-16H2,1-3H3,(H,35,37). The second-order valence-corrected chi connectivity index (χ2v) is 11.0. The average Bonchev–Trinajstić information content (AvgIpc) is 3.32. The maximum absolute atomic E-state index is 12.6. The van der Waals surface area contributed by atoms with Gasteiger partial charge in [0.2, 0.25) is 5.69 Å². The lowest BCUT2D eigenvalue weighted by atomic mass is 9.75. The Labute approximate surface area is 233 Å². The third-order valence-electron chi connectivity index (χ3n) is 6.88. The van der Waals surface area contributed by atoms with Gasteiger partial charge in [-0.15, -0.1) is 0 Å². The Kier molecular flexibility index (Phi) is 8.99. The fourth-order valence-electron chi connectivity index (χ4n) is 5.07. The molecule has 0 saturated heterocycles. The number of nitrogens with one attached hydrogen (secondary N) is 1. The molecule has 4 rings (SSSR count). The van der Waals surface area contributed by atoms with Crippen molar-refractivity contribution in [2.75, 3.05) is 6.54 Å². The van der Waals surface area contributed by atoms with Gasteiger partial charge in [0, 0.05) is 34.2 Å². The molecule has 0 saturated carbocycles. The largest absolute Gasteiger partial charge is 0.352 e. The Bertz CT molecular complexity index is 1480. The van der Waals surface area contributed by atoms with Crippen molar-refractivity contribution >= 4 is 50.4 Å². The van der Waals surface area contributed by atoms with Crippen molar-refractivity contribution < 1.29 is 9.59 Å². The molecule has 4 nitrogen and oxygen atoms in total. The lowest BCUT2D eigenvalue weighted by Crippen LogP contribution is -2.25. The summed E-state index contributed by atoms with van der Waals surface area (Å²) in [5.41, 5.74) is 5.89. The Morgan fingerprint density at radius 1 is 1.05 bits per heavy atom. The summed E-state index contributed by atoms with van der Waals surface area (Å²) >= 11 is 7.90. The minimum absolute atomic E-state index is 0.0518. The highest BCUT2D eigenvalue weighted by Crippen LogP contribution is 2.47. The van der Waals surface area contributed by atoms with Crippen molar-refractivity contribution in [2.24, 2.45) is 0 Å². The Morgan fingerprint density at radius 2 is 1.74 bits per heavy atom. The summed E-state index contributed by atoms with van der Waals surface area (Å²) < 4.78 is 1.02. The maximum Gasteiger partial charge on any atom is 0.251 e. The van der Waals surface area contributed by atoms with Crippen LogP contribution in [0, 0.1) is 13.5 Å². The molecule has 0 fully saturated rings. The molecular weight excluding hydrogens is 512 g/mol. The molecule has 4 aromatic rings. The average molecular weight is 543 g/mol. The molecule has 1 amide bonds. The van der Waals surface area contributed by atoms with Crippen molar-refractivity contribution in [3.8, 4) is 0 Å². The molecule has 2 unspecified atom stereocenters. The highest BCUT2D eigenvalue weighted by atomic mass is 35.5. The van der Waals surface area contributed by atoms with Crippen LogP contribution in [0.25, 0.3) is 14.9 Å². The minimum Gasteiger partial charge on any atom is -0.352 e. The van der Waals surface area contributed by atoms with Crippen LogP contribution in [-0.2, 0) is 4.79 Å². The molecule has 1 heterocycles. The number of hydrogen-bond acceptors (Lipinski definition) is 3. The smallest absolute Gasteiger partial charge is 0.251 e. The molecule has 2 atom stereocenters. The molecule has 0 aliphatic heterocycles. The third-order valence-corrected chi connectivity index (χ3v) is 8.17. The van der Waals surface area contributed by atoms with Crippen molar-refractivity contribution in [2.45, 2.75) is 51.9 Å². The Balaban J connectivity index is 1.78. The molecule has 0 aliphatic rings. The van der Waals surface area contributed by atoms with Crippen LogP contribution in [-0.4, -0.2) is 18.2 Å². The maximum atomic E-state index is 12.6. The molecular formula is C32H31ClN2O2S. The van der Waals surface area contributed by atoms with E-state index in [1.165, 1.54) is 18.1 Å². The number of thiophene rings is 1. The van der Waals surface area contributed by atoms with E-state index in [-0.39, 0.29) is 23.5 Å². The lowest BCUT2D eigenvalue weighted by molar-refractivity contribution is -0.116. The van der Waals surface area contributed by atoms with Gasteiger partial charge in [-0.1, -0.05) is 66.9 Å². The number of hydrogen-bond donors (Lipinski definition) is 1. The number of benzene rings is 3. The van der Waals surface area contributed by atoms with Gasteiger partial charge in [0.25, 0.3) is 5.91 Å². The van der Waals surface area contributed by atoms with Crippen LogP contribution in [0.4, 0.5) is 5.69 Å². The number of fused-ring (bicyclic) bond motifs is 1. The molecule has 1 N–H and O–H groups in total. The van der Waals surface area contributed by atoms with E-state index in [0.29, 0.717) is 29.2 Å². The number of ketones is 1. The van der Waals surface area contributed by atoms with Crippen LogP contribution in [0.1, 0.15) is 77.6 Å². The molecule has 1 aromatic heterocycles. The molecule has 0 bridgehead atoms. The van der Waals surface area contributed by atoms with E-state index in [9.17, 15) is 9.59 Å². The first-order valence-corrected chi connectivity index (χ1v) is 14.1. The van der Waals surface area contributed by atoms with Crippen LogP contribution < -0.4 is 5.32 Å². The van der Waals surface area contributed by atoms with Gasteiger partial charge in [-0.05, 0) is 77.9 Å². The quantitative estimate of drug-likeness (QED) is 0.203. The van der Waals surface area contributed by atoms with Gasteiger partial charge in [-0.3, -0.25) is 9.59 Å². The molecule has 38 heavy (non-hydrogen) atoms. The van der Waals surface area contributed by atoms with Gasteiger partial charge in [0.15, 0.2) is 0 Å². The lowest BCUT2D eigenvalue weighted by Gasteiger charge is -2.29. The Morgan fingerprint density at radius 3 is 2.37 bits per heavy atom. The van der Waals surface area contributed by atoms with Crippen LogP contribution in [0.15, 0.2) is 66.0 Å². The number of Topliss-reactive ketones (excluding diaryl/α,β-unsaturated/α-hetero) is 1. The predicted molar refractivity (Wildman–Crippen MR) is 158 cm³/mol. The molecule has 3 aromatic carbocycles. The van der Waals surface area contributed by atoms with E-state index in [2.05, 4.69) is 40.7 Å². The minimum atomic E-state index is -0.176. The fourth-order valence-corrected chi connectivity index (χ4v) is 6.25. The topological polar surface area (TPSA) is 50.5 Å². The summed E-state index contributed by atoms with van der Waals surface area (Å²) in [4.78, 5) is 27.6. The summed E-state index contributed by atoms with van der Waals surface area (Å²) in [6.45, 7) is 13.8. The SMILES string of the molecule is [C-]#[N+]c1cc(C)cc2c(C(c3ccc(Cl)cc3)C(CCC)c3ccc(C(=O)NCCC(C)=O)cc3)csc12. The van der Waals surface area contributed by atoms with Crippen molar-refractivity contribution in [3.05, 3.63) is 110 Å². The summed E-state index contributed by atoms with van der Waals surface area (Å²) in [6, 6.07) is 20.1. The summed E-state index contributed by atoms with van der Waals surface area (Å²) in [5.74, 6) is 0.0864. The van der Waals surface area contributed by atoms with E-state index >= 15 is 0 Å². The van der Waals surface area contributed by atoms with E-state index in [1.54, 1.807) is 11.3 Å². The number of carbonyl (C=O) groups is 2. The highest BCUT2D eigenvalue weighted by Gasteiger charge is 2.29. The first-order valence-electron chi connectivity index (χ1n) is 12.8. The first-order chi connectivity index (χ1) is 18.3. The van der Waals surface area contributed by atoms with Gasteiger partial charge in [0.05, 0.1) is 6.57 Å². The van der Waals surface area contributed by atoms with E-state index < -0.39 is 0 Å².